The minimum atomic E-state index is -0.551. The van der Waals surface area contributed by atoms with Crippen LogP contribution in [-0.4, -0.2) is 49.9 Å². The first-order valence-corrected chi connectivity index (χ1v) is 10.3. The molecule has 2 aromatic rings. The second kappa shape index (κ2) is 6.88. The zero-order valence-corrected chi connectivity index (χ0v) is 17.4. The number of carbonyl (C=O) groups excluding carboxylic acids is 2. The fourth-order valence-electron chi connectivity index (χ4n) is 3.74. The Hall–Kier alpha value is -2.42. The molecule has 2 aliphatic heterocycles. The molecule has 8 nitrogen and oxygen atoms in total. The molecular weight excluding hydrogens is 378 g/mol. The lowest BCUT2D eigenvalue weighted by atomic mass is 10.1. The smallest absolute Gasteiger partial charge is 0.410 e. The Bertz CT molecular complexity index is 886. The number of fused-ring (bicyclic) bond motifs is 1. The van der Waals surface area contributed by atoms with E-state index in [9.17, 15) is 9.59 Å². The molecule has 0 saturated carbocycles. The van der Waals surface area contributed by atoms with Crippen molar-refractivity contribution >= 4 is 29.0 Å². The third-order valence-electron chi connectivity index (χ3n) is 5.11. The number of thiazole rings is 1. The molecule has 2 atom stereocenters. The zero-order valence-electron chi connectivity index (χ0n) is 16.6. The first-order valence-electron chi connectivity index (χ1n) is 9.46. The second-order valence-corrected chi connectivity index (χ2v) is 9.34. The molecule has 1 fully saturated rings. The monoisotopic (exact) mass is 403 g/mol. The maximum atomic E-state index is 12.7. The highest BCUT2D eigenvalue weighted by atomic mass is 32.1. The average Bonchev–Trinajstić information content (AvgIpc) is 3.31. The molecule has 0 spiro atoms. The van der Waals surface area contributed by atoms with E-state index in [2.05, 4.69) is 10.1 Å². The summed E-state index contributed by atoms with van der Waals surface area (Å²) in [7, 11) is 0. The Balaban J connectivity index is 1.56. The third-order valence-corrected chi connectivity index (χ3v) is 6.05. The van der Waals surface area contributed by atoms with Crippen LogP contribution >= 0.6 is 11.3 Å². The number of amides is 2. The van der Waals surface area contributed by atoms with Crippen LogP contribution in [0.1, 0.15) is 50.6 Å². The predicted molar refractivity (Wildman–Crippen MR) is 105 cm³/mol. The van der Waals surface area contributed by atoms with Crippen molar-refractivity contribution in [2.24, 2.45) is 0 Å². The third kappa shape index (κ3) is 3.50. The van der Waals surface area contributed by atoms with E-state index >= 15 is 0 Å². The topological polar surface area (TPSA) is 80.6 Å². The normalized spacial score (nSPS) is 22.5. The van der Waals surface area contributed by atoms with Crippen LogP contribution in [0.4, 0.5) is 10.5 Å². The fourth-order valence-corrected chi connectivity index (χ4v) is 4.45. The molecule has 2 aliphatic rings. The molecule has 1 saturated heterocycles. The first-order chi connectivity index (χ1) is 13.2. The number of rotatable bonds is 2. The van der Waals surface area contributed by atoms with Gasteiger partial charge in [0.2, 0.25) is 5.91 Å². The highest BCUT2D eigenvalue weighted by Crippen LogP contribution is 2.36. The van der Waals surface area contributed by atoms with E-state index in [-0.39, 0.29) is 24.0 Å². The summed E-state index contributed by atoms with van der Waals surface area (Å²) in [5, 5.41) is 4.48. The molecule has 0 aliphatic carbocycles. The van der Waals surface area contributed by atoms with Gasteiger partial charge in [-0.3, -0.25) is 19.4 Å². The van der Waals surface area contributed by atoms with Crippen molar-refractivity contribution in [2.45, 2.75) is 64.8 Å². The summed E-state index contributed by atoms with van der Waals surface area (Å²) >= 11 is 1.58. The van der Waals surface area contributed by atoms with Crippen LogP contribution in [0, 0.1) is 0 Å². The minimum absolute atomic E-state index is 0.0330. The molecule has 0 radical (unpaired) electrons. The van der Waals surface area contributed by atoms with Crippen molar-refractivity contribution in [3.8, 4) is 0 Å². The Kier molecular flexibility index (Phi) is 4.65. The van der Waals surface area contributed by atoms with Gasteiger partial charge in [-0.1, -0.05) is 0 Å². The van der Waals surface area contributed by atoms with Crippen molar-refractivity contribution in [2.75, 3.05) is 11.4 Å². The lowest BCUT2D eigenvalue weighted by molar-refractivity contribution is -0.117. The van der Waals surface area contributed by atoms with Gasteiger partial charge in [0.1, 0.15) is 5.60 Å². The highest BCUT2D eigenvalue weighted by Gasteiger charge is 2.38. The van der Waals surface area contributed by atoms with E-state index in [0.717, 1.165) is 16.3 Å². The summed E-state index contributed by atoms with van der Waals surface area (Å²) in [6, 6.07) is -0.0330. The van der Waals surface area contributed by atoms with Crippen molar-refractivity contribution < 1.29 is 14.3 Å². The first kappa shape index (κ1) is 18.9. The van der Waals surface area contributed by atoms with Crippen LogP contribution in [0.25, 0.3) is 0 Å². The fraction of sp³-hybridized carbons (Fsp3) is 0.579. The standard InChI is InChI=1S/C19H25N5O3S/c1-12-8-24-15(10-22(12)18(26)27-19(2,3)4)14(6-21-24)23-9-13(5-17(23)25)16-7-20-11-28-16/h6-7,11-13H,5,8-10H2,1-4H3/t12-,13?/m0/s1. The van der Waals surface area contributed by atoms with Crippen molar-refractivity contribution in [1.29, 1.82) is 0 Å². The Morgan fingerprint density at radius 3 is 2.75 bits per heavy atom. The van der Waals surface area contributed by atoms with E-state index < -0.39 is 5.60 Å². The predicted octanol–water partition coefficient (Wildman–Crippen LogP) is 3.00. The van der Waals surface area contributed by atoms with Gasteiger partial charge in [0, 0.05) is 30.0 Å². The lowest BCUT2D eigenvalue weighted by Gasteiger charge is -2.36. The van der Waals surface area contributed by atoms with Crippen molar-refractivity contribution in [1.82, 2.24) is 19.7 Å². The van der Waals surface area contributed by atoms with Gasteiger partial charge < -0.3 is 9.64 Å². The number of aromatic nitrogens is 3. The zero-order chi connectivity index (χ0) is 20.1. The minimum Gasteiger partial charge on any atom is -0.444 e. The van der Waals surface area contributed by atoms with Gasteiger partial charge in [-0.2, -0.15) is 5.10 Å². The van der Waals surface area contributed by atoms with Gasteiger partial charge in [-0.25, -0.2) is 4.79 Å². The van der Waals surface area contributed by atoms with Crippen LogP contribution in [0.2, 0.25) is 0 Å². The molecule has 28 heavy (non-hydrogen) atoms. The Labute approximate surface area is 168 Å². The summed E-state index contributed by atoms with van der Waals surface area (Å²) in [6.07, 6.45) is 3.71. The molecule has 4 rings (SSSR count). The molecule has 4 heterocycles. The van der Waals surface area contributed by atoms with Gasteiger partial charge in [0.05, 0.1) is 42.2 Å². The van der Waals surface area contributed by atoms with Crippen LogP contribution in [0.5, 0.6) is 0 Å². The van der Waals surface area contributed by atoms with Gasteiger partial charge in [0.25, 0.3) is 0 Å². The van der Waals surface area contributed by atoms with Crippen LogP contribution in [0.3, 0.4) is 0 Å². The summed E-state index contributed by atoms with van der Waals surface area (Å²) < 4.78 is 7.46. The summed E-state index contributed by atoms with van der Waals surface area (Å²) in [6.45, 7) is 9.12. The highest BCUT2D eigenvalue weighted by molar-refractivity contribution is 7.09. The molecule has 0 aromatic carbocycles. The van der Waals surface area contributed by atoms with Gasteiger partial charge in [0.15, 0.2) is 0 Å². The molecular formula is C19H25N5O3S. The average molecular weight is 404 g/mol. The summed E-state index contributed by atoms with van der Waals surface area (Å²) in [5.41, 5.74) is 2.91. The Morgan fingerprint density at radius 2 is 2.07 bits per heavy atom. The van der Waals surface area contributed by atoms with Crippen LogP contribution in [-0.2, 0) is 22.6 Å². The van der Waals surface area contributed by atoms with Crippen molar-refractivity contribution in [3.63, 3.8) is 0 Å². The summed E-state index contributed by atoms with van der Waals surface area (Å²) in [5.74, 6) is 0.233. The second-order valence-electron chi connectivity index (χ2n) is 8.43. The van der Waals surface area contributed by atoms with Crippen LogP contribution in [0.15, 0.2) is 17.9 Å². The lowest BCUT2D eigenvalue weighted by Crippen LogP contribution is -2.47. The molecule has 2 aromatic heterocycles. The van der Waals surface area contributed by atoms with Gasteiger partial charge in [-0.05, 0) is 27.7 Å². The van der Waals surface area contributed by atoms with E-state index in [1.807, 2.05) is 38.6 Å². The number of nitrogens with zero attached hydrogens (tertiary/aromatic N) is 5. The van der Waals surface area contributed by atoms with Gasteiger partial charge in [-0.15, -0.1) is 11.3 Å². The maximum Gasteiger partial charge on any atom is 0.410 e. The molecule has 2 amide bonds. The largest absolute Gasteiger partial charge is 0.444 e. The van der Waals surface area contributed by atoms with E-state index in [1.165, 1.54) is 0 Å². The number of hydrogen-bond acceptors (Lipinski definition) is 6. The van der Waals surface area contributed by atoms with Gasteiger partial charge >= 0.3 is 6.09 Å². The molecule has 150 valence electrons. The molecule has 0 N–H and O–H groups in total. The number of anilines is 1. The van der Waals surface area contributed by atoms with Crippen molar-refractivity contribution in [3.05, 3.63) is 28.5 Å². The van der Waals surface area contributed by atoms with E-state index in [1.54, 1.807) is 32.8 Å². The molecule has 0 bridgehead atoms. The molecule has 1 unspecified atom stereocenters. The SMILES string of the molecule is C[C@H]1Cn2ncc(N3CC(c4cncs4)CC3=O)c2CN1C(=O)OC(C)(C)C. The molecule has 9 heteroatoms. The van der Waals surface area contributed by atoms with E-state index in [4.69, 9.17) is 4.74 Å². The van der Waals surface area contributed by atoms with Crippen LogP contribution < -0.4 is 4.90 Å². The van der Waals surface area contributed by atoms with E-state index in [0.29, 0.717) is 26.1 Å². The number of ether oxygens (including phenoxy) is 1. The number of hydrogen-bond donors (Lipinski definition) is 0. The Morgan fingerprint density at radius 1 is 1.29 bits per heavy atom. The maximum absolute atomic E-state index is 12.7. The quantitative estimate of drug-likeness (QED) is 0.770. The summed E-state index contributed by atoms with van der Waals surface area (Å²) in [4.78, 5) is 34.1. The number of carbonyl (C=O) groups is 2.